The Kier molecular flexibility index (Phi) is 5.68. The Morgan fingerprint density at radius 2 is 2.23 bits per heavy atom. The number of hydrogen-bond donors (Lipinski definition) is 1. The molecule has 0 fully saturated rings. The van der Waals surface area contributed by atoms with Gasteiger partial charge in [-0.15, -0.1) is 0 Å². The first kappa shape index (κ1) is 18.5. The Balaban J connectivity index is 2.08. The van der Waals surface area contributed by atoms with E-state index in [1.807, 2.05) is 6.92 Å². The Labute approximate surface area is 159 Å². The minimum Gasteiger partial charge on any atom is -0.467 e. The summed E-state index contributed by atoms with van der Waals surface area (Å²) in [7, 11) is 0. The zero-order chi connectivity index (χ0) is 18.7. The number of halogens is 1. The molecule has 1 atom stereocenters. The van der Waals surface area contributed by atoms with Gasteiger partial charge in [0.05, 0.1) is 29.0 Å². The fourth-order valence-corrected chi connectivity index (χ4v) is 3.59. The second-order valence-corrected chi connectivity index (χ2v) is 7.43. The molecule has 2 heterocycles. The van der Waals surface area contributed by atoms with E-state index in [9.17, 15) is 9.59 Å². The molecule has 1 N–H and O–H groups in total. The fraction of sp³-hybridized carbons (Fsp3) is 0.278. The molecule has 3 aromatic rings. The molecule has 1 amide bonds. The molecule has 1 aromatic carbocycles. The highest BCUT2D eigenvalue weighted by Gasteiger charge is 2.19. The van der Waals surface area contributed by atoms with E-state index in [0.717, 1.165) is 0 Å². The molecule has 0 spiro atoms. The molecular formula is C18H18ClN3O3S. The molecule has 2 aromatic heterocycles. The van der Waals surface area contributed by atoms with Crippen LogP contribution in [-0.4, -0.2) is 27.3 Å². The van der Waals surface area contributed by atoms with Gasteiger partial charge in [0.15, 0.2) is 5.16 Å². The minimum absolute atomic E-state index is 0.109. The second-order valence-electron chi connectivity index (χ2n) is 5.68. The zero-order valence-electron chi connectivity index (χ0n) is 14.4. The van der Waals surface area contributed by atoms with Gasteiger partial charge in [0.25, 0.3) is 5.56 Å². The van der Waals surface area contributed by atoms with Gasteiger partial charge in [-0.3, -0.25) is 14.2 Å². The van der Waals surface area contributed by atoms with E-state index in [-0.39, 0.29) is 18.0 Å². The molecule has 0 aliphatic heterocycles. The molecule has 0 saturated carbocycles. The lowest BCUT2D eigenvalue weighted by Gasteiger charge is -2.15. The van der Waals surface area contributed by atoms with Gasteiger partial charge in [0.2, 0.25) is 5.91 Å². The third kappa shape index (κ3) is 3.94. The lowest BCUT2D eigenvalue weighted by molar-refractivity contribution is -0.120. The normalized spacial score (nSPS) is 12.3. The van der Waals surface area contributed by atoms with E-state index >= 15 is 0 Å². The third-order valence-corrected chi connectivity index (χ3v) is 5.10. The van der Waals surface area contributed by atoms with Crippen LogP contribution in [0, 0.1) is 0 Å². The van der Waals surface area contributed by atoms with Crippen LogP contribution in [0.1, 0.15) is 19.6 Å². The van der Waals surface area contributed by atoms with Crippen molar-refractivity contribution in [1.29, 1.82) is 0 Å². The minimum atomic E-state index is -0.402. The molecule has 0 saturated heterocycles. The van der Waals surface area contributed by atoms with Gasteiger partial charge in [-0.05, 0) is 44.2 Å². The van der Waals surface area contributed by atoms with E-state index < -0.39 is 5.25 Å². The lowest BCUT2D eigenvalue weighted by atomic mass is 10.2. The number of carbonyl (C=O) groups is 1. The number of carbonyl (C=O) groups excluding carboxylic acids is 1. The summed E-state index contributed by atoms with van der Waals surface area (Å²) in [6, 6.07) is 8.52. The number of nitrogens with zero attached hydrogens (tertiary/aromatic N) is 2. The van der Waals surface area contributed by atoms with Crippen LogP contribution < -0.4 is 10.9 Å². The van der Waals surface area contributed by atoms with Gasteiger partial charge < -0.3 is 9.73 Å². The van der Waals surface area contributed by atoms with Crippen molar-refractivity contribution in [3.05, 3.63) is 57.7 Å². The largest absolute Gasteiger partial charge is 0.467 e. The molecule has 0 radical (unpaired) electrons. The first-order valence-electron chi connectivity index (χ1n) is 8.16. The summed E-state index contributed by atoms with van der Waals surface area (Å²) in [5, 5.41) is 3.79. The van der Waals surface area contributed by atoms with E-state index in [0.29, 0.717) is 33.4 Å². The number of nitrogens with one attached hydrogen (secondary N) is 1. The monoisotopic (exact) mass is 391 g/mol. The smallest absolute Gasteiger partial charge is 0.262 e. The molecule has 8 heteroatoms. The molecule has 0 bridgehead atoms. The van der Waals surface area contributed by atoms with Crippen LogP contribution >= 0.6 is 23.4 Å². The van der Waals surface area contributed by atoms with Crippen LogP contribution in [0.4, 0.5) is 0 Å². The van der Waals surface area contributed by atoms with Crippen LogP contribution in [0.15, 0.2) is 51.0 Å². The maximum atomic E-state index is 13.0. The van der Waals surface area contributed by atoms with Crippen LogP contribution in [0.25, 0.3) is 10.9 Å². The molecular weight excluding hydrogens is 374 g/mol. The number of hydrogen-bond acceptors (Lipinski definition) is 5. The number of amides is 1. The number of rotatable bonds is 6. The topological polar surface area (TPSA) is 77.1 Å². The summed E-state index contributed by atoms with van der Waals surface area (Å²) in [4.78, 5) is 29.7. The summed E-state index contributed by atoms with van der Waals surface area (Å²) in [6.45, 7) is 4.42. The molecule has 0 aliphatic carbocycles. The van der Waals surface area contributed by atoms with Crippen molar-refractivity contribution in [3.8, 4) is 0 Å². The number of fused-ring (bicyclic) bond motifs is 1. The predicted octanol–water partition coefficient (Wildman–Crippen LogP) is 3.31. The van der Waals surface area contributed by atoms with Crippen molar-refractivity contribution >= 4 is 40.2 Å². The number of thioether (sulfide) groups is 1. The Morgan fingerprint density at radius 3 is 2.92 bits per heavy atom. The van der Waals surface area contributed by atoms with Crippen molar-refractivity contribution in [1.82, 2.24) is 14.9 Å². The van der Waals surface area contributed by atoms with Gasteiger partial charge in [0, 0.05) is 11.6 Å². The van der Waals surface area contributed by atoms with Crippen molar-refractivity contribution < 1.29 is 9.21 Å². The number of aromatic nitrogens is 2. The van der Waals surface area contributed by atoms with Crippen LogP contribution in [0.5, 0.6) is 0 Å². The third-order valence-electron chi connectivity index (χ3n) is 3.78. The van der Waals surface area contributed by atoms with Crippen LogP contribution in [0.3, 0.4) is 0 Å². The van der Waals surface area contributed by atoms with E-state index in [1.54, 1.807) is 43.5 Å². The van der Waals surface area contributed by atoms with Gasteiger partial charge in [0.1, 0.15) is 5.76 Å². The van der Waals surface area contributed by atoms with Crippen molar-refractivity contribution in [2.45, 2.75) is 30.8 Å². The molecule has 26 heavy (non-hydrogen) atoms. The van der Waals surface area contributed by atoms with Crippen molar-refractivity contribution in [2.24, 2.45) is 0 Å². The molecule has 0 aliphatic rings. The summed E-state index contributed by atoms with van der Waals surface area (Å²) < 4.78 is 6.90. The first-order chi connectivity index (χ1) is 12.5. The number of benzene rings is 1. The quantitative estimate of drug-likeness (QED) is 0.515. The summed E-state index contributed by atoms with van der Waals surface area (Å²) >= 11 is 7.27. The summed E-state index contributed by atoms with van der Waals surface area (Å²) in [5.74, 6) is 0.525. The average molecular weight is 392 g/mol. The summed E-state index contributed by atoms with van der Waals surface area (Å²) in [5.41, 5.74) is 0.303. The Morgan fingerprint density at radius 1 is 1.42 bits per heavy atom. The molecule has 6 nitrogen and oxygen atoms in total. The van der Waals surface area contributed by atoms with E-state index in [2.05, 4.69) is 10.3 Å². The maximum Gasteiger partial charge on any atom is 0.262 e. The van der Waals surface area contributed by atoms with Gasteiger partial charge >= 0.3 is 0 Å². The SMILES string of the molecule is CCNC(=O)C(C)Sc1nc2cc(Cl)ccc2c(=O)n1Cc1ccco1. The predicted molar refractivity (Wildman–Crippen MR) is 103 cm³/mol. The first-order valence-corrected chi connectivity index (χ1v) is 9.42. The Hall–Kier alpha value is -2.25. The molecule has 136 valence electrons. The van der Waals surface area contributed by atoms with Gasteiger partial charge in [-0.1, -0.05) is 23.4 Å². The number of furan rings is 1. The van der Waals surface area contributed by atoms with Crippen molar-refractivity contribution in [2.75, 3.05) is 6.54 Å². The highest BCUT2D eigenvalue weighted by molar-refractivity contribution is 8.00. The van der Waals surface area contributed by atoms with Crippen molar-refractivity contribution in [3.63, 3.8) is 0 Å². The maximum absolute atomic E-state index is 13.0. The molecule has 1 unspecified atom stereocenters. The van der Waals surface area contributed by atoms with Crippen LogP contribution in [0.2, 0.25) is 5.02 Å². The second kappa shape index (κ2) is 7.97. The Bertz CT molecular complexity index is 985. The lowest BCUT2D eigenvalue weighted by Crippen LogP contribution is -2.32. The summed E-state index contributed by atoms with van der Waals surface area (Å²) in [6.07, 6.45) is 1.55. The average Bonchev–Trinajstić information content (AvgIpc) is 3.11. The van der Waals surface area contributed by atoms with E-state index in [4.69, 9.17) is 16.0 Å². The van der Waals surface area contributed by atoms with Gasteiger partial charge in [-0.25, -0.2) is 4.98 Å². The zero-order valence-corrected chi connectivity index (χ0v) is 15.9. The highest BCUT2D eigenvalue weighted by Crippen LogP contribution is 2.24. The fourth-order valence-electron chi connectivity index (χ4n) is 2.49. The van der Waals surface area contributed by atoms with Crippen LogP contribution in [-0.2, 0) is 11.3 Å². The van der Waals surface area contributed by atoms with Gasteiger partial charge in [-0.2, -0.15) is 0 Å². The molecule has 3 rings (SSSR count). The highest BCUT2D eigenvalue weighted by atomic mass is 35.5. The standard InChI is InChI=1S/C18H18ClN3O3S/c1-3-20-16(23)11(2)26-18-21-15-9-12(19)6-7-14(15)17(24)22(18)10-13-5-4-8-25-13/h4-9,11H,3,10H2,1-2H3,(H,20,23). The van der Waals surface area contributed by atoms with E-state index in [1.165, 1.54) is 16.3 Å².